The van der Waals surface area contributed by atoms with Gasteiger partial charge >= 0.3 is 0 Å². The van der Waals surface area contributed by atoms with Crippen molar-refractivity contribution in [3.63, 3.8) is 0 Å². The molecule has 1 saturated carbocycles. The zero-order chi connectivity index (χ0) is 14.2. The molecule has 112 valence electrons. The van der Waals surface area contributed by atoms with Crippen molar-refractivity contribution in [2.45, 2.75) is 45.8 Å². The van der Waals surface area contributed by atoms with Gasteiger partial charge in [0.15, 0.2) is 0 Å². The Morgan fingerprint density at radius 1 is 1.25 bits per heavy atom. The smallest absolute Gasteiger partial charge is 0.119 e. The van der Waals surface area contributed by atoms with E-state index in [9.17, 15) is 0 Å². The normalized spacial score (nSPS) is 15.3. The number of nitrogens with one attached hydrogen (secondary N) is 1. The van der Waals surface area contributed by atoms with Crippen molar-refractivity contribution in [2.24, 2.45) is 5.92 Å². The van der Waals surface area contributed by atoms with Crippen molar-refractivity contribution in [1.29, 1.82) is 0 Å². The predicted octanol–water partition coefficient (Wildman–Crippen LogP) is 3.38. The molecular formula is C17H27NO2. The van der Waals surface area contributed by atoms with E-state index in [-0.39, 0.29) is 0 Å². The molecule has 0 unspecified atom stereocenters. The highest BCUT2D eigenvalue weighted by Gasteiger charge is 2.17. The Labute approximate surface area is 122 Å². The molecule has 1 aliphatic rings. The fourth-order valence-electron chi connectivity index (χ4n) is 2.16. The molecule has 0 saturated heterocycles. The Kier molecular flexibility index (Phi) is 6.34. The first-order chi connectivity index (χ1) is 9.74. The second-order valence-electron chi connectivity index (χ2n) is 5.94. The summed E-state index contributed by atoms with van der Waals surface area (Å²) in [6.45, 7) is 7.71. The minimum absolute atomic E-state index is 0.491. The quantitative estimate of drug-likeness (QED) is 0.702. The van der Waals surface area contributed by atoms with Crippen LogP contribution in [-0.4, -0.2) is 25.9 Å². The number of ether oxygens (including phenoxy) is 2. The van der Waals surface area contributed by atoms with Gasteiger partial charge in [0.05, 0.1) is 12.7 Å². The molecule has 1 fully saturated rings. The Morgan fingerprint density at radius 3 is 2.80 bits per heavy atom. The molecule has 0 aromatic heterocycles. The van der Waals surface area contributed by atoms with Crippen LogP contribution in [0.5, 0.6) is 5.75 Å². The average molecular weight is 277 g/mol. The molecule has 1 aromatic carbocycles. The van der Waals surface area contributed by atoms with E-state index in [1.807, 2.05) is 6.07 Å². The van der Waals surface area contributed by atoms with Gasteiger partial charge in [0, 0.05) is 6.54 Å². The first-order valence-corrected chi connectivity index (χ1v) is 7.78. The van der Waals surface area contributed by atoms with Crippen molar-refractivity contribution in [3.8, 4) is 5.75 Å². The second kappa shape index (κ2) is 8.28. The van der Waals surface area contributed by atoms with Crippen LogP contribution in [0.15, 0.2) is 24.3 Å². The fourth-order valence-corrected chi connectivity index (χ4v) is 2.16. The predicted molar refractivity (Wildman–Crippen MR) is 82.1 cm³/mol. The van der Waals surface area contributed by atoms with Gasteiger partial charge in [-0.3, -0.25) is 0 Å². The van der Waals surface area contributed by atoms with E-state index in [2.05, 4.69) is 37.4 Å². The van der Waals surface area contributed by atoms with Gasteiger partial charge in [-0.25, -0.2) is 0 Å². The summed E-state index contributed by atoms with van der Waals surface area (Å²) in [5.74, 6) is 1.61. The lowest BCUT2D eigenvalue weighted by Crippen LogP contribution is -2.23. The van der Waals surface area contributed by atoms with Gasteiger partial charge in [0.25, 0.3) is 0 Å². The maximum absolute atomic E-state index is 5.74. The van der Waals surface area contributed by atoms with Crippen molar-refractivity contribution in [2.75, 3.05) is 19.8 Å². The van der Waals surface area contributed by atoms with E-state index in [4.69, 9.17) is 9.47 Å². The van der Waals surface area contributed by atoms with Crippen LogP contribution < -0.4 is 10.1 Å². The maximum atomic E-state index is 5.74. The molecule has 0 atom stereocenters. The molecular weight excluding hydrogens is 250 g/mol. The lowest BCUT2D eigenvalue weighted by molar-refractivity contribution is -0.0103. The minimum atomic E-state index is 0.491. The van der Waals surface area contributed by atoms with Crippen molar-refractivity contribution < 1.29 is 9.47 Å². The molecule has 0 spiro atoms. The number of hydrogen-bond acceptors (Lipinski definition) is 3. The molecule has 1 aromatic rings. The molecule has 3 nitrogen and oxygen atoms in total. The van der Waals surface area contributed by atoms with Gasteiger partial charge in [0.2, 0.25) is 0 Å². The highest BCUT2D eigenvalue weighted by molar-refractivity contribution is 5.28. The third kappa shape index (κ3) is 5.51. The van der Waals surface area contributed by atoms with Crippen LogP contribution in [0.2, 0.25) is 0 Å². The van der Waals surface area contributed by atoms with E-state index in [1.165, 1.54) is 24.8 Å². The van der Waals surface area contributed by atoms with Gasteiger partial charge < -0.3 is 14.8 Å². The summed E-state index contributed by atoms with van der Waals surface area (Å²) < 4.78 is 11.4. The third-order valence-electron chi connectivity index (χ3n) is 3.54. The largest absolute Gasteiger partial charge is 0.491 e. The molecule has 0 radical (unpaired) electrons. The van der Waals surface area contributed by atoms with Crippen LogP contribution in [0.4, 0.5) is 0 Å². The van der Waals surface area contributed by atoms with Crippen LogP contribution in [0, 0.1) is 5.92 Å². The van der Waals surface area contributed by atoms with E-state index in [1.54, 1.807) is 0 Å². The summed E-state index contributed by atoms with van der Waals surface area (Å²) in [4.78, 5) is 0. The van der Waals surface area contributed by atoms with Crippen LogP contribution in [0.1, 0.15) is 38.7 Å². The molecule has 1 N–H and O–H groups in total. The topological polar surface area (TPSA) is 30.5 Å². The van der Waals surface area contributed by atoms with Gasteiger partial charge in [-0.1, -0.05) is 26.0 Å². The molecule has 0 amide bonds. The standard InChI is InChI=1S/C17H27NO2/c1-14(2)12-18-13-15-5-3-8-17(11-15)20-10-9-19-16-6-4-7-16/h3,5,8,11,14,16,18H,4,6-7,9-10,12-13H2,1-2H3. The van der Waals surface area contributed by atoms with E-state index in [0.29, 0.717) is 25.2 Å². The molecule has 0 bridgehead atoms. The SMILES string of the molecule is CC(C)CNCc1cccc(OCCOC2CCC2)c1. The fraction of sp³-hybridized carbons (Fsp3) is 0.647. The van der Waals surface area contributed by atoms with E-state index >= 15 is 0 Å². The number of benzene rings is 1. The molecule has 0 aliphatic heterocycles. The Bertz CT molecular complexity index is 388. The van der Waals surface area contributed by atoms with E-state index < -0.39 is 0 Å². The summed E-state index contributed by atoms with van der Waals surface area (Å²) in [7, 11) is 0. The monoisotopic (exact) mass is 277 g/mol. The van der Waals surface area contributed by atoms with Crippen LogP contribution in [0.3, 0.4) is 0 Å². The van der Waals surface area contributed by atoms with Crippen molar-refractivity contribution in [3.05, 3.63) is 29.8 Å². The summed E-state index contributed by atoms with van der Waals surface area (Å²) in [6.07, 6.45) is 4.25. The number of rotatable bonds is 9. The zero-order valence-electron chi connectivity index (χ0n) is 12.7. The van der Waals surface area contributed by atoms with E-state index in [0.717, 1.165) is 18.8 Å². The second-order valence-corrected chi connectivity index (χ2v) is 5.94. The van der Waals surface area contributed by atoms with Gasteiger partial charge in [-0.05, 0) is 49.4 Å². The third-order valence-corrected chi connectivity index (χ3v) is 3.54. The van der Waals surface area contributed by atoms with Crippen LogP contribution in [0.25, 0.3) is 0 Å². The number of hydrogen-bond donors (Lipinski definition) is 1. The minimum Gasteiger partial charge on any atom is -0.491 e. The summed E-state index contributed by atoms with van der Waals surface area (Å²) >= 11 is 0. The average Bonchev–Trinajstić information content (AvgIpc) is 2.36. The van der Waals surface area contributed by atoms with Crippen LogP contribution in [-0.2, 0) is 11.3 Å². The highest BCUT2D eigenvalue weighted by Crippen LogP contribution is 2.21. The van der Waals surface area contributed by atoms with Crippen molar-refractivity contribution in [1.82, 2.24) is 5.32 Å². The lowest BCUT2D eigenvalue weighted by Gasteiger charge is -2.25. The Morgan fingerprint density at radius 2 is 2.10 bits per heavy atom. The summed E-state index contributed by atoms with van der Waals surface area (Å²) in [5.41, 5.74) is 1.27. The lowest BCUT2D eigenvalue weighted by atomic mass is 9.96. The van der Waals surface area contributed by atoms with Gasteiger partial charge in [0.1, 0.15) is 12.4 Å². The molecule has 20 heavy (non-hydrogen) atoms. The first-order valence-electron chi connectivity index (χ1n) is 7.78. The Balaban J connectivity index is 1.65. The summed E-state index contributed by atoms with van der Waals surface area (Å²) in [6, 6.07) is 8.30. The summed E-state index contributed by atoms with van der Waals surface area (Å²) in [5, 5.41) is 3.45. The maximum Gasteiger partial charge on any atom is 0.119 e. The van der Waals surface area contributed by atoms with Gasteiger partial charge in [-0.15, -0.1) is 0 Å². The zero-order valence-corrected chi connectivity index (χ0v) is 12.7. The molecule has 3 heteroatoms. The molecule has 1 aliphatic carbocycles. The molecule has 2 rings (SSSR count). The highest BCUT2D eigenvalue weighted by atomic mass is 16.5. The first kappa shape index (κ1) is 15.3. The Hall–Kier alpha value is -1.06. The van der Waals surface area contributed by atoms with Crippen LogP contribution >= 0.6 is 0 Å². The van der Waals surface area contributed by atoms with Gasteiger partial charge in [-0.2, -0.15) is 0 Å². The van der Waals surface area contributed by atoms with Crippen molar-refractivity contribution >= 4 is 0 Å². The molecule has 0 heterocycles.